The Morgan fingerprint density at radius 3 is 2.23 bits per heavy atom. The molecule has 1 aliphatic heterocycles. The van der Waals surface area contributed by atoms with E-state index >= 15 is 0 Å². The van der Waals surface area contributed by atoms with E-state index in [0.717, 1.165) is 10.5 Å². The van der Waals surface area contributed by atoms with E-state index in [1.165, 1.54) is 25.6 Å². The maximum absolute atomic E-state index is 12.5. The van der Waals surface area contributed by atoms with Crippen LogP contribution in [0.3, 0.4) is 0 Å². The van der Waals surface area contributed by atoms with E-state index in [1.54, 1.807) is 24.3 Å². The number of imide groups is 1. The minimum absolute atomic E-state index is 0.174. The largest absolute Gasteiger partial charge is 0.500 e. The molecule has 1 atom stereocenters. The fourth-order valence-electron chi connectivity index (χ4n) is 2.20. The van der Waals surface area contributed by atoms with Crippen LogP contribution in [0.2, 0.25) is 0 Å². The third-order valence-corrected chi connectivity index (χ3v) is 5.34. The Balaban J connectivity index is 2.42. The second kappa shape index (κ2) is 5.53. The Hall–Kier alpha value is -2.22. The normalized spacial score (nSPS) is 19.6. The van der Waals surface area contributed by atoms with Crippen LogP contribution in [0.4, 0.5) is 10.5 Å². The summed E-state index contributed by atoms with van der Waals surface area (Å²) in [5.74, 6) is -0.764. The molecular weight excluding hydrogens is 306 g/mol. The Kier molecular flexibility index (Phi) is 4.06. The summed E-state index contributed by atoms with van der Waals surface area (Å²) in [6.45, 7) is 3.35. The number of carbonyl (C=O) groups is 2. The molecule has 0 spiro atoms. The highest BCUT2D eigenvalue weighted by atomic mass is 32.2. The molecule has 0 aliphatic carbocycles. The van der Waals surface area contributed by atoms with Crippen molar-refractivity contribution in [3.63, 3.8) is 0 Å². The first-order chi connectivity index (χ1) is 10.1. The predicted molar refractivity (Wildman–Crippen MR) is 82.5 cm³/mol. The van der Waals surface area contributed by atoms with Gasteiger partial charge in [0.2, 0.25) is 5.25 Å². The van der Waals surface area contributed by atoms with Gasteiger partial charge in [0.05, 0.1) is 14.1 Å². The van der Waals surface area contributed by atoms with Crippen LogP contribution in [-0.4, -0.2) is 54.9 Å². The van der Waals surface area contributed by atoms with Gasteiger partial charge in [0.25, 0.3) is 10.0 Å². The fourth-order valence-corrected chi connectivity index (χ4v) is 3.82. The number of urea groups is 1. The number of sulfonamides is 1. The molecule has 1 N–H and O–H groups in total. The standard InChI is InChI=1S/C14H18N3O4S/c1-9-5-7-11(8-6-9)15-22(20,21)12-10(2)16(3)14(19)17(4)13(12)18/h5-8,12,15H,1-4H3/q+1. The summed E-state index contributed by atoms with van der Waals surface area (Å²) >= 11 is 0. The summed E-state index contributed by atoms with van der Waals surface area (Å²) in [5, 5.41) is -1.43. The average Bonchev–Trinajstić information content (AvgIpc) is 2.45. The summed E-state index contributed by atoms with van der Waals surface area (Å²) < 4.78 is 28.6. The highest BCUT2D eigenvalue weighted by Gasteiger charge is 2.50. The molecule has 3 amide bonds. The fraction of sp³-hybridized carbons (Fsp3) is 0.357. The van der Waals surface area contributed by atoms with Gasteiger partial charge >= 0.3 is 11.9 Å². The first-order valence-corrected chi connectivity index (χ1v) is 8.17. The van der Waals surface area contributed by atoms with Gasteiger partial charge in [0.1, 0.15) is 5.71 Å². The van der Waals surface area contributed by atoms with Crippen LogP contribution < -0.4 is 4.72 Å². The Bertz CT molecular complexity index is 766. The zero-order valence-corrected chi connectivity index (χ0v) is 13.6. The topological polar surface area (TPSA) is 86.6 Å². The van der Waals surface area contributed by atoms with Crippen LogP contribution in [0.15, 0.2) is 24.3 Å². The predicted octanol–water partition coefficient (Wildman–Crippen LogP) is 0.801. The van der Waals surface area contributed by atoms with E-state index in [4.69, 9.17) is 0 Å². The van der Waals surface area contributed by atoms with Crippen LogP contribution in [0, 0.1) is 6.92 Å². The van der Waals surface area contributed by atoms with Gasteiger partial charge in [-0.3, -0.25) is 4.72 Å². The van der Waals surface area contributed by atoms with Gasteiger partial charge < -0.3 is 0 Å². The van der Waals surface area contributed by atoms with E-state index in [1.807, 2.05) is 6.92 Å². The lowest BCUT2D eigenvalue weighted by molar-refractivity contribution is -0.405. The molecule has 0 saturated heterocycles. The number of rotatable bonds is 3. The molecule has 118 valence electrons. The molecule has 1 aromatic rings. The summed E-state index contributed by atoms with van der Waals surface area (Å²) in [6.07, 6.45) is 0. The van der Waals surface area contributed by atoms with Gasteiger partial charge in [-0.15, -0.1) is 0 Å². The number of anilines is 1. The first kappa shape index (κ1) is 16.2. The van der Waals surface area contributed by atoms with Crippen molar-refractivity contribution in [2.75, 3.05) is 18.8 Å². The molecule has 1 heterocycles. The van der Waals surface area contributed by atoms with E-state index in [2.05, 4.69) is 4.72 Å². The number of nitrogens with one attached hydrogen (secondary N) is 1. The van der Waals surface area contributed by atoms with Gasteiger partial charge in [0, 0.05) is 5.69 Å². The molecular formula is C14H18N3O4S+. The lowest BCUT2D eigenvalue weighted by Crippen LogP contribution is -2.57. The highest BCUT2D eigenvalue weighted by Crippen LogP contribution is 2.18. The monoisotopic (exact) mass is 324 g/mol. The number of aryl methyl sites for hydroxylation is 1. The van der Waals surface area contributed by atoms with Crippen LogP contribution >= 0.6 is 0 Å². The zero-order chi connectivity index (χ0) is 16.7. The minimum atomic E-state index is -4.01. The zero-order valence-electron chi connectivity index (χ0n) is 12.8. The second-order valence-corrected chi connectivity index (χ2v) is 7.04. The van der Waals surface area contributed by atoms with Crippen molar-refractivity contribution < 1.29 is 22.6 Å². The van der Waals surface area contributed by atoms with Gasteiger partial charge in [-0.2, -0.15) is 14.3 Å². The van der Waals surface area contributed by atoms with E-state index in [0.29, 0.717) is 5.69 Å². The van der Waals surface area contributed by atoms with Gasteiger partial charge in [0.15, 0.2) is 0 Å². The quantitative estimate of drug-likeness (QED) is 0.833. The molecule has 2 rings (SSSR count). The third-order valence-electron chi connectivity index (χ3n) is 3.66. The Morgan fingerprint density at radius 2 is 1.68 bits per heavy atom. The van der Waals surface area contributed by atoms with E-state index < -0.39 is 27.2 Å². The molecule has 7 nitrogen and oxygen atoms in total. The van der Waals surface area contributed by atoms with Crippen molar-refractivity contribution in [2.24, 2.45) is 0 Å². The number of hydrogen-bond acceptors (Lipinski definition) is 4. The maximum Gasteiger partial charge on any atom is 0.500 e. The molecule has 0 saturated carbocycles. The molecule has 0 radical (unpaired) electrons. The van der Waals surface area contributed by atoms with Crippen molar-refractivity contribution in [1.29, 1.82) is 0 Å². The maximum atomic E-state index is 12.5. The molecule has 0 fully saturated rings. The van der Waals surface area contributed by atoms with Crippen molar-refractivity contribution >= 4 is 33.4 Å². The van der Waals surface area contributed by atoms with Crippen molar-refractivity contribution in [1.82, 2.24) is 4.90 Å². The SMILES string of the molecule is CC1=[N+](C)C(=O)N(C)C(=O)C1S(=O)(=O)Nc1ccc(C)cc1. The van der Waals surface area contributed by atoms with Crippen LogP contribution in [-0.2, 0) is 14.8 Å². The minimum Gasteiger partial charge on any atom is -0.282 e. The summed E-state index contributed by atoms with van der Waals surface area (Å²) in [4.78, 5) is 24.8. The summed E-state index contributed by atoms with van der Waals surface area (Å²) in [7, 11) is -1.30. The molecule has 1 aromatic carbocycles. The third kappa shape index (κ3) is 2.74. The van der Waals surface area contributed by atoms with E-state index in [-0.39, 0.29) is 5.71 Å². The number of hydrogen-bond donors (Lipinski definition) is 1. The van der Waals surface area contributed by atoms with Crippen molar-refractivity contribution in [3.05, 3.63) is 29.8 Å². The summed E-state index contributed by atoms with van der Waals surface area (Å²) in [6, 6.07) is 6.21. The number of amides is 3. The Labute approximate surface area is 129 Å². The molecule has 1 unspecified atom stereocenters. The summed E-state index contributed by atoms with van der Waals surface area (Å²) in [5.41, 5.74) is 1.53. The van der Waals surface area contributed by atoms with Gasteiger partial charge in [-0.05, 0) is 26.0 Å². The van der Waals surface area contributed by atoms with Crippen molar-refractivity contribution in [2.45, 2.75) is 19.1 Å². The number of benzene rings is 1. The molecule has 0 bridgehead atoms. The lowest BCUT2D eigenvalue weighted by Gasteiger charge is -2.23. The first-order valence-electron chi connectivity index (χ1n) is 6.62. The van der Waals surface area contributed by atoms with Crippen LogP contribution in [0.5, 0.6) is 0 Å². The lowest BCUT2D eigenvalue weighted by atomic mass is 10.2. The molecule has 0 aromatic heterocycles. The van der Waals surface area contributed by atoms with Gasteiger partial charge in [-0.1, -0.05) is 17.7 Å². The van der Waals surface area contributed by atoms with Crippen LogP contribution in [0.25, 0.3) is 0 Å². The van der Waals surface area contributed by atoms with Crippen LogP contribution in [0.1, 0.15) is 12.5 Å². The Morgan fingerprint density at radius 1 is 1.14 bits per heavy atom. The smallest absolute Gasteiger partial charge is 0.282 e. The van der Waals surface area contributed by atoms with Crippen molar-refractivity contribution in [3.8, 4) is 0 Å². The molecule has 1 aliphatic rings. The van der Waals surface area contributed by atoms with E-state index in [9.17, 15) is 18.0 Å². The highest BCUT2D eigenvalue weighted by molar-refractivity contribution is 7.94. The number of carbonyl (C=O) groups excluding carboxylic acids is 2. The molecule has 8 heteroatoms. The number of nitrogens with zero attached hydrogens (tertiary/aromatic N) is 2. The average molecular weight is 324 g/mol. The second-order valence-electron chi connectivity index (χ2n) is 5.27. The van der Waals surface area contributed by atoms with Gasteiger partial charge in [-0.25, -0.2) is 13.2 Å². The molecule has 22 heavy (non-hydrogen) atoms.